The van der Waals surface area contributed by atoms with Crippen LogP contribution in [0.2, 0.25) is 0 Å². The first kappa shape index (κ1) is 17.0. The first-order valence-electron chi connectivity index (χ1n) is 8.38. The van der Waals surface area contributed by atoms with E-state index in [1.807, 2.05) is 56.3 Å². The maximum absolute atomic E-state index is 12.4. The Bertz CT molecular complexity index is 801. The lowest BCUT2D eigenvalue weighted by molar-refractivity contribution is -0.128. The molecule has 130 valence electrons. The second kappa shape index (κ2) is 7.38. The average molecular weight is 338 g/mol. The summed E-state index contributed by atoms with van der Waals surface area (Å²) < 4.78 is 5.73. The Labute approximate surface area is 147 Å². The Morgan fingerprint density at radius 1 is 1.24 bits per heavy atom. The van der Waals surface area contributed by atoms with E-state index >= 15 is 0 Å². The van der Waals surface area contributed by atoms with Gasteiger partial charge in [-0.1, -0.05) is 30.3 Å². The van der Waals surface area contributed by atoms with Crippen molar-refractivity contribution in [2.24, 2.45) is 5.92 Å². The molecule has 0 aromatic heterocycles. The molecule has 1 atom stereocenters. The minimum absolute atomic E-state index is 0.102. The predicted octanol–water partition coefficient (Wildman–Crippen LogP) is 2.96. The summed E-state index contributed by atoms with van der Waals surface area (Å²) in [5.41, 5.74) is 3.91. The van der Waals surface area contributed by atoms with Crippen LogP contribution < -0.4 is 15.4 Å². The molecule has 1 heterocycles. The van der Waals surface area contributed by atoms with Crippen molar-refractivity contribution in [3.05, 3.63) is 59.2 Å². The van der Waals surface area contributed by atoms with E-state index in [0.717, 1.165) is 16.7 Å². The maximum atomic E-state index is 12.4. The number of benzene rings is 2. The molecule has 1 unspecified atom stereocenters. The number of hydrogen-bond acceptors (Lipinski definition) is 3. The Hall–Kier alpha value is -2.82. The van der Waals surface area contributed by atoms with Gasteiger partial charge in [0, 0.05) is 13.0 Å². The van der Waals surface area contributed by atoms with E-state index in [1.54, 1.807) is 0 Å². The second-order valence-electron chi connectivity index (χ2n) is 6.40. The number of rotatable bonds is 4. The Kier molecular flexibility index (Phi) is 5.03. The highest BCUT2D eigenvalue weighted by molar-refractivity contribution is 5.97. The van der Waals surface area contributed by atoms with Crippen LogP contribution in [0.3, 0.4) is 0 Å². The zero-order valence-electron chi connectivity index (χ0n) is 14.5. The normalized spacial score (nSPS) is 16.2. The smallest absolute Gasteiger partial charge is 0.231 e. The number of carbonyl (C=O) groups excluding carboxylic acids is 2. The summed E-state index contributed by atoms with van der Waals surface area (Å²) in [6, 6.07) is 13.5. The van der Waals surface area contributed by atoms with Crippen LogP contribution in [-0.4, -0.2) is 18.4 Å². The van der Waals surface area contributed by atoms with Crippen molar-refractivity contribution in [2.45, 2.75) is 26.8 Å². The van der Waals surface area contributed by atoms with Gasteiger partial charge in [0.1, 0.15) is 12.4 Å². The molecule has 2 aromatic carbocycles. The third-order valence-corrected chi connectivity index (χ3v) is 4.37. The van der Waals surface area contributed by atoms with E-state index in [2.05, 4.69) is 10.6 Å². The Morgan fingerprint density at radius 2 is 2.04 bits per heavy atom. The van der Waals surface area contributed by atoms with E-state index in [-0.39, 0.29) is 24.8 Å². The van der Waals surface area contributed by atoms with Crippen molar-refractivity contribution < 1.29 is 14.3 Å². The molecule has 0 spiro atoms. The minimum Gasteiger partial charge on any atom is -0.491 e. The van der Waals surface area contributed by atoms with Crippen molar-refractivity contribution in [1.82, 2.24) is 5.32 Å². The van der Waals surface area contributed by atoms with Crippen LogP contribution in [0.15, 0.2) is 42.5 Å². The lowest BCUT2D eigenvalue weighted by Crippen LogP contribution is -2.32. The third kappa shape index (κ3) is 4.18. The molecule has 0 radical (unpaired) electrons. The van der Waals surface area contributed by atoms with Gasteiger partial charge in [0.25, 0.3) is 0 Å². The predicted molar refractivity (Wildman–Crippen MR) is 96.4 cm³/mol. The molecule has 2 amide bonds. The van der Waals surface area contributed by atoms with E-state index in [4.69, 9.17) is 4.74 Å². The fourth-order valence-electron chi connectivity index (χ4n) is 2.80. The fraction of sp³-hybridized carbons (Fsp3) is 0.300. The van der Waals surface area contributed by atoms with Gasteiger partial charge in [0.15, 0.2) is 0 Å². The van der Waals surface area contributed by atoms with Gasteiger partial charge < -0.3 is 15.4 Å². The summed E-state index contributed by atoms with van der Waals surface area (Å²) in [5.74, 6) is -0.205. The Balaban J connectivity index is 1.58. The van der Waals surface area contributed by atoms with E-state index in [1.165, 1.54) is 0 Å². The highest BCUT2D eigenvalue weighted by Gasteiger charge is 2.27. The number of amides is 2. The molecule has 0 saturated carbocycles. The molecule has 5 nitrogen and oxygen atoms in total. The first-order valence-corrected chi connectivity index (χ1v) is 8.38. The largest absolute Gasteiger partial charge is 0.491 e. The summed E-state index contributed by atoms with van der Waals surface area (Å²) in [6.45, 7) is 4.63. The van der Waals surface area contributed by atoms with Crippen molar-refractivity contribution in [3.8, 4) is 5.75 Å². The number of nitrogens with one attached hydrogen (secondary N) is 2. The van der Waals surface area contributed by atoms with Crippen LogP contribution in [-0.2, 0) is 16.1 Å². The van der Waals surface area contributed by atoms with Gasteiger partial charge in [-0.2, -0.15) is 0 Å². The van der Waals surface area contributed by atoms with Crippen LogP contribution in [0.1, 0.15) is 23.1 Å². The minimum atomic E-state index is -0.510. The molecule has 3 rings (SSSR count). The maximum Gasteiger partial charge on any atom is 0.231 e. The van der Waals surface area contributed by atoms with Crippen LogP contribution >= 0.6 is 0 Å². The molecule has 1 aliphatic heterocycles. The van der Waals surface area contributed by atoms with E-state index in [9.17, 15) is 9.59 Å². The SMILES string of the molecule is Cc1ccc2c(c1)OCC(CC(=O)NCc1ccccc1C)C(=O)N2. The zero-order valence-corrected chi connectivity index (χ0v) is 14.5. The van der Waals surface area contributed by atoms with Crippen LogP contribution in [0, 0.1) is 19.8 Å². The van der Waals surface area contributed by atoms with Crippen molar-refractivity contribution >= 4 is 17.5 Å². The number of fused-ring (bicyclic) bond motifs is 1. The first-order chi connectivity index (χ1) is 12.0. The van der Waals surface area contributed by atoms with Crippen LogP contribution in [0.4, 0.5) is 5.69 Å². The highest BCUT2D eigenvalue weighted by atomic mass is 16.5. The quantitative estimate of drug-likeness (QED) is 0.901. The number of carbonyl (C=O) groups is 2. The molecule has 2 aromatic rings. The molecule has 5 heteroatoms. The van der Waals surface area contributed by atoms with Gasteiger partial charge in [-0.25, -0.2) is 0 Å². The van der Waals surface area contributed by atoms with Crippen molar-refractivity contribution in [2.75, 3.05) is 11.9 Å². The van der Waals surface area contributed by atoms with Gasteiger partial charge in [-0.3, -0.25) is 9.59 Å². The van der Waals surface area contributed by atoms with Crippen molar-refractivity contribution in [3.63, 3.8) is 0 Å². The molecule has 0 bridgehead atoms. The van der Waals surface area contributed by atoms with Gasteiger partial charge >= 0.3 is 0 Å². The van der Waals surface area contributed by atoms with Crippen LogP contribution in [0.25, 0.3) is 0 Å². The van der Waals surface area contributed by atoms with Gasteiger partial charge in [-0.05, 0) is 42.7 Å². The van der Waals surface area contributed by atoms with Gasteiger partial charge in [0.05, 0.1) is 11.6 Å². The third-order valence-electron chi connectivity index (χ3n) is 4.37. The monoisotopic (exact) mass is 338 g/mol. The summed E-state index contributed by atoms with van der Waals surface area (Å²) in [5, 5.41) is 5.73. The number of anilines is 1. The number of aryl methyl sites for hydroxylation is 2. The van der Waals surface area contributed by atoms with E-state index < -0.39 is 5.92 Å². The molecule has 0 aliphatic carbocycles. The van der Waals surface area contributed by atoms with E-state index in [0.29, 0.717) is 18.0 Å². The van der Waals surface area contributed by atoms with Gasteiger partial charge in [0.2, 0.25) is 11.8 Å². The van der Waals surface area contributed by atoms with Gasteiger partial charge in [-0.15, -0.1) is 0 Å². The standard InChI is InChI=1S/C20H22N2O3/c1-13-7-8-17-18(9-13)25-12-16(20(24)22-17)10-19(23)21-11-15-6-4-3-5-14(15)2/h3-9,16H,10-12H2,1-2H3,(H,21,23)(H,22,24). The topological polar surface area (TPSA) is 67.4 Å². The van der Waals surface area contributed by atoms with Crippen molar-refractivity contribution in [1.29, 1.82) is 0 Å². The number of hydrogen-bond donors (Lipinski definition) is 2. The summed E-state index contributed by atoms with van der Waals surface area (Å²) in [6.07, 6.45) is 0.102. The molecule has 1 aliphatic rings. The zero-order chi connectivity index (χ0) is 17.8. The average Bonchev–Trinajstić information content (AvgIpc) is 2.73. The molecular weight excluding hydrogens is 316 g/mol. The molecule has 2 N–H and O–H groups in total. The molecular formula is C20H22N2O3. The van der Waals surface area contributed by atoms with Crippen LogP contribution in [0.5, 0.6) is 5.75 Å². The second-order valence-corrected chi connectivity index (χ2v) is 6.40. The summed E-state index contributed by atoms with van der Waals surface area (Å²) in [7, 11) is 0. The summed E-state index contributed by atoms with van der Waals surface area (Å²) >= 11 is 0. The lowest BCUT2D eigenvalue weighted by Gasteiger charge is -2.13. The molecule has 0 saturated heterocycles. The highest BCUT2D eigenvalue weighted by Crippen LogP contribution is 2.29. The fourth-order valence-corrected chi connectivity index (χ4v) is 2.80. The Morgan fingerprint density at radius 3 is 2.84 bits per heavy atom. The number of ether oxygens (including phenoxy) is 1. The summed E-state index contributed by atoms with van der Waals surface area (Å²) in [4.78, 5) is 24.6. The lowest BCUT2D eigenvalue weighted by atomic mass is 10.0. The molecule has 0 fully saturated rings. The molecule has 25 heavy (non-hydrogen) atoms.